The lowest BCUT2D eigenvalue weighted by atomic mass is 10.1. The van der Waals surface area contributed by atoms with Gasteiger partial charge in [0.05, 0.1) is 17.0 Å². The molecule has 0 aromatic heterocycles. The second kappa shape index (κ2) is 10.6. The predicted molar refractivity (Wildman–Crippen MR) is 120 cm³/mol. The number of carbonyl (C=O) groups excluding carboxylic acids is 1. The highest BCUT2D eigenvalue weighted by atomic mass is 32.2. The van der Waals surface area contributed by atoms with Crippen LogP contribution in [0.1, 0.15) is 38.0 Å². The Morgan fingerprint density at radius 2 is 1.68 bits per heavy atom. The maximum atomic E-state index is 12.6. The molecule has 0 unspecified atom stereocenters. The molecule has 2 rings (SSSR count). The van der Waals surface area contributed by atoms with Crippen LogP contribution in [-0.2, 0) is 14.8 Å². The lowest BCUT2D eigenvalue weighted by Crippen LogP contribution is -2.44. The third-order valence-electron chi connectivity index (χ3n) is 4.19. The molecule has 7 nitrogen and oxygen atoms in total. The van der Waals surface area contributed by atoms with E-state index in [0.29, 0.717) is 5.56 Å². The minimum absolute atomic E-state index is 0.118. The summed E-state index contributed by atoms with van der Waals surface area (Å²) in [5, 5.41) is 13.0. The topological polar surface area (TPSA) is 105 Å². The molecule has 168 valence electrons. The number of hydrogen-bond donors (Lipinski definition) is 3. The molecule has 2 aromatic rings. The fourth-order valence-corrected chi connectivity index (χ4v) is 3.69. The number of aryl methyl sites for hydroxylation is 1. The van der Waals surface area contributed by atoms with Crippen molar-refractivity contribution >= 4 is 16.1 Å². The van der Waals surface area contributed by atoms with E-state index in [1.165, 1.54) is 18.2 Å². The molecule has 31 heavy (non-hydrogen) atoms. The SMILES string of the molecule is Cc1ccc(S(=O)(=O)NC[C@@H](/C=C\[C@H](O)c2ccccc2)NC(=O)OC(C)(C)C)cc1. The van der Waals surface area contributed by atoms with E-state index in [1.807, 2.05) is 13.0 Å². The van der Waals surface area contributed by atoms with Crippen LogP contribution in [-0.4, -0.2) is 37.8 Å². The van der Waals surface area contributed by atoms with Crippen LogP contribution in [0, 0.1) is 6.92 Å². The van der Waals surface area contributed by atoms with Gasteiger partial charge in [-0.1, -0.05) is 60.2 Å². The molecule has 0 spiro atoms. The number of benzene rings is 2. The standard InChI is InChI=1S/C23H30N2O5S/c1-17-10-13-20(14-11-17)31(28,29)24-16-19(25-22(27)30-23(2,3)4)12-15-21(26)18-8-6-5-7-9-18/h5-15,19,21,24,26H,16H2,1-4H3,(H,25,27)/b15-12-/t19-,21+/m1/s1. The number of sulfonamides is 1. The van der Waals surface area contributed by atoms with Gasteiger partial charge in [0, 0.05) is 6.54 Å². The lowest BCUT2D eigenvalue weighted by molar-refractivity contribution is 0.0514. The zero-order chi connectivity index (χ0) is 23.1. The lowest BCUT2D eigenvalue weighted by Gasteiger charge is -2.22. The van der Waals surface area contributed by atoms with Gasteiger partial charge in [0.2, 0.25) is 10.0 Å². The molecule has 3 N–H and O–H groups in total. The number of rotatable bonds is 8. The Bertz CT molecular complexity index is 981. The molecule has 0 saturated heterocycles. The number of aliphatic hydroxyl groups is 1. The summed E-state index contributed by atoms with van der Waals surface area (Å²) in [6.45, 7) is 6.95. The van der Waals surface area contributed by atoms with Crippen molar-refractivity contribution in [3.63, 3.8) is 0 Å². The van der Waals surface area contributed by atoms with Crippen LogP contribution >= 0.6 is 0 Å². The van der Waals surface area contributed by atoms with Gasteiger partial charge in [0.1, 0.15) is 5.60 Å². The van der Waals surface area contributed by atoms with Crippen LogP contribution in [0.3, 0.4) is 0 Å². The van der Waals surface area contributed by atoms with Gasteiger partial charge in [0.25, 0.3) is 0 Å². The second-order valence-electron chi connectivity index (χ2n) is 8.16. The average molecular weight is 447 g/mol. The van der Waals surface area contributed by atoms with Crippen molar-refractivity contribution in [3.8, 4) is 0 Å². The molecule has 0 fully saturated rings. The van der Waals surface area contributed by atoms with E-state index in [2.05, 4.69) is 10.0 Å². The highest BCUT2D eigenvalue weighted by Gasteiger charge is 2.21. The first-order valence-corrected chi connectivity index (χ1v) is 11.4. The Morgan fingerprint density at radius 1 is 1.06 bits per heavy atom. The minimum atomic E-state index is -3.77. The zero-order valence-electron chi connectivity index (χ0n) is 18.2. The van der Waals surface area contributed by atoms with E-state index in [4.69, 9.17) is 4.74 Å². The number of aliphatic hydroxyl groups excluding tert-OH is 1. The maximum absolute atomic E-state index is 12.6. The van der Waals surface area contributed by atoms with E-state index >= 15 is 0 Å². The number of nitrogens with one attached hydrogen (secondary N) is 2. The molecule has 2 atom stereocenters. The van der Waals surface area contributed by atoms with Crippen LogP contribution in [0.5, 0.6) is 0 Å². The highest BCUT2D eigenvalue weighted by molar-refractivity contribution is 7.89. The van der Waals surface area contributed by atoms with Crippen LogP contribution in [0.15, 0.2) is 71.6 Å². The first kappa shape index (κ1) is 24.6. The van der Waals surface area contributed by atoms with E-state index in [0.717, 1.165) is 5.56 Å². The molecule has 0 aliphatic carbocycles. The summed E-state index contributed by atoms with van der Waals surface area (Å²) in [7, 11) is -3.77. The summed E-state index contributed by atoms with van der Waals surface area (Å²) in [4.78, 5) is 12.3. The normalized spacial score (nSPS) is 14.2. The largest absolute Gasteiger partial charge is 0.444 e. The van der Waals surface area contributed by atoms with Gasteiger partial charge in [-0.05, 0) is 45.4 Å². The molecule has 0 aliphatic rings. The van der Waals surface area contributed by atoms with Gasteiger partial charge in [0.15, 0.2) is 0 Å². The van der Waals surface area contributed by atoms with Crippen LogP contribution in [0.4, 0.5) is 4.79 Å². The van der Waals surface area contributed by atoms with Gasteiger partial charge in [-0.25, -0.2) is 17.9 Å². The molecule has 2 aromatic carbocycles. The minimum Gasteiger partial charge on any atom is -0.444 e. The smallest absolute Gasteiger partial charge is 0.408 e. The molecule has 0 radical (unpaired) electrons. The molecule has 1 amide bonds. The Morgan fingerprint density at radius 3 is 2.26 bits per heavy atom. The molecule has 8 heteroatoms. The fourth-order valence-electron chi connectivity index (χ4n) is 2.63. The van der Waals surface area contributed by atoms with Gasteiger partial charge in [-0.2, -0.15) is 0 Å². The summed E-state index contributed by atoms with van der Waals surface area (Å²) in [6.07, 6.45) is 1.44. The maximum Gasteiger partial charge on any atom is 0.408 e. The third kappa shape index (κ3) is 8.53. The quantitative estimate of drug-likeness (QED) is 0.539. The van der Waals surface area contributed by atoms with Gasteiger partial charge >= 0.3 is 6.09 Å². The van der Waals surface area contributed by atoms with E-state index in [9.17, 15) is 18.3 Å². The van der Waals surface area contributed by atoms with Crippen molar-refractivity contribution in [3.05, 3.63) is 77.9 Å². The number of ether oxygens (including phenoxy) is 1. The average Bonchev–Trinajstić information content (AvgIpc) is 2.69. The predicted octanol–water partition coefficient (Wildman–Crippen LogP) is 3.46. The molecule has 0 saturated carbocycles. The van der Waals surface area contributed by atoms with Crippen LogP contribution in [0.25, 0.3) is 0 Å². The zero-order valence-corrected chi connectivity index (χ0v) is 19.0. The van der Waals surface area contributed by atoms with Crippen LogP contribution < -0.4 is 10.0 Å². The Labute approximate surface area is 184 Å². The highest BCUT2D eigenvalue weighted by Crippen LogP contribution is 2.14. The summed E-state index contributed by atoms with van der Waals surface area (Å²) in [5.74, 6) is 0. The third-order valence-corrected chi connectivity index (χ3v) is 5.63. The van der Waals surface area contributed by atoms with Crippen LogP contribution in [0.2, 0.25) is 0 Å². The number of carbonyl (C=O) groups is 1. The summed E-state index contributed by atoms with van der Waals surface area (Å²) >= 11 is 0. The summed E-state index contributed by atoms with van der Waals surface area (Å²) < 4.78 is 32.9. The molecule has 0 heterocycles. The van der Waals surface area contributed by atoms with E-state index < -0.39 is 33.9 Å². The Hall–Kier alpha value is -2.68. The molecular weight excluding hydrogens is 416 g/mol. The molecular formula is C23H30N2O5S. The Kier molecular flexibility index (Phi) is 8.38. The van der Waals surface area contributed by atoms with Crippen molar-refractivity contribution in [2.45, 2.75) is 50.3 Å². The molecule has 0 bridgehead atoms. The van der Waals surface area contributed by atoms with Crippen molar-refractivity contribution < 1.29 is 23.1 Å². The number of amides is 1. The number of alkyl carbamates (subject to hydrolysis) is 1. The van der Waals surface area contributed by atoms with Gasteiger partial charge < -0.3 is 15.2 Å². The van der Waals surface area contributed by atoms with E-state index in [-0.39, 0.29) is 11.4 Å². The first-order valence-electron chi connectivity index (χ1n) is 9.93. The van der Waals surface area contributed by atoms with E-state index in [1.54, 1.807) is 63.2 Å². The fraction of sp³-hybridized carbons (Fsp3) is 0.348. The van der Waals surface area contributed by atoms with Gasteiger partial charge in [-0.15, -0.1) is 0 Å². The van der Waals surface area contributed by atoms with Crippen molar-refractivity contribution in [2.24, 2.45) is 0 Å². The van der Waals surface area contributed by atoms with Gasteiger partial charge in [-0.3, -0.25) is 0 Å². The van der Waals surface area contributed by atoms with Crippen molar-refractivity contribution in [2.75, 3.05) is 6.54 Å². The van der Waals surface area contributed by atoms with Crippen molar-refractivity contribution in [1.82, 2.24) is 10.0 Å². The monoisotopic (exact) mass is 446 g/mol. The van der Waals surface area contributed by atoms with Crippen molar-refractivity contribution in [1.29, 1.82) is 0 Å². The number of hydrogen-bond acceptors (Lipinski definition) is 5. The summed E-state index contributed by atoms with van der Waals surface area (Å²) in [6, 6.07) is 14.7. The second-order valence-corrected chi connectivity index (χ2v) is 9.93. The summed E-state index contributed by atoms with van der Waals surface area (Å²) in [5.41, 5.74) is 0.916. The Balaban J connectivity index is 2.13. The first-order chi connectivity index (χ1) is 14.5. The molecule has 0 aliphatic heterocycles.